The first kappa shape index (κ1) is 19.2. The Bertz CT molecular complexity index is 1070. The molecule has 28 heavy (non-hydrogen) atoms. The molecule has 2 aromatic heterocycles. The number of halogens is 2. The minimum atomic E-state index is -0.0330. The summed E-state index contributed by atoms with van der Waals surface area (Å²) in [6, 6.07) is 9.31. The molecule has 7 heteroatoms. The van der Waals surface area contributed by atoms with Crippen LogP contribution < -0.4 is 5.56 Å². The number of furan rings is 1. The number of aromatic nitrogens is 2. The molecular weight excluding hydrogens is 397 g/mol. The predicted octanol–water partition coefficient (Wildman–Crippen LogP) is 5.02. The van der Waals surface area contributed by atoms with Crippen LogP contribution in [-0.2, 0) is 19.5 Å². The summed E-state index contributed by atoms with van der Waals surface area (Å²) >= 11 is 12.1. The zero-order valence-electron chi connectivity index (χ0n) is 15.8. The standard InChI is InChI=1S/C21H21Cl2N3O2/c1-12(2)20-24-18-7-8-26(11-15(18)21(27)25-20)10-14-4-6-19(28-14)13-3-5-16(22)17(23)9-13/h3-6,9,12H,7-8,10-11H2,1-2H3,(H,24,25,27). The molecule has 3 aromatic rings. The third-order valence-corrected chi connectivity index (χ3v) is 5.70. The number of H-pyrrole nitrogens is 1. The largest absolute Gasteiger partial charge is 0.460 e. The van der Waals surface area contributed by atoms with Crippen LogP contribution >= 0.6 is 23.2 Å². The van der Waals surface area contributed by atoms with Crippen molar-refractivity contribution >= 4 is 23.2 Å². The summed E-state index contributed by atoms with van der Waals surface area (Å²) in [6.45, 7) is 6.10. The molecule has 3 heterocycles. The van der Waals surface area contributed by atoms with Gasteiger partial charge < -0.3 is 9.40 Å². The molecule has 146 valence electrons. The Labute approximate surface area is 173 Å². The van der Waals surface area contributed by atoms with Crippen molar-refractivity contribution in [3.05, 3.63) is 73.6 Å². The summed E-state index contributed by atoms with van der Waals surface area (Å²) < 4.78 is 5.99. The number of rotatable bonds is 4. The summed E-state index contributed by atoms with van der Waals surface area (Å²) in [5, 5.41) is 1.01. The van der Waals surface area contributed by atoms with Crippen molar-refractivity contribution in [2.75, 3.05) is 6.54 Å². The highest BCUT2D eigenvalue weighted by Gasteiger charge is 2.22. The van der Waals surface area contributed by atoms with E-state index < -0.39 is 0 Å². The van der Waals surface area contributed by atoms with Crippen LogP contribution in [0.1, 0.15) is 42.6 Å². The monoisotopic (exact) mass is 417 g/mol. The van der Waals surface area contributed by atoms with E-state index in [4.69, 9.17) is 27.6 Å². The van der Waals surface area contributed by atoms with Crippen LogP contribution in [0.5, 0.6) is 0 Å². The van der Waals surface area contributed by atoms with Crippen molar-refractivity contribution in [1.82, 2.24) is 14.9 Å². The first-order valence-electron chi connectivity index (χ1n) is 9.29. The summed E-state index contributed by atoms with van der Waals surface area (Å²) in [5.41, 5.74) is 2.52. The Hall–Kier alpha value is -2.08. The second kappa shape index (κ2) is 7.74. The van der Waals surface area contributed by atoms with E-state index in [2.05, 4.69) is 14.9 Å². The van der Waals surface area contributed by atoms with E-state index in [1.165, 1.54) is 0 Å². The Morgan fingerprint density at radius 1 is 1.21 bits per heavy atom. The van der Waals surface area contributed by atoms with E-state index in [0.29, 0.717) is 23.1 Å². The normalized spacial score (nSPS) is 14.5. The van der Waals surface area contributed by atoms with Gasteiger partial charge in [-0.25, -0.2) is 4.98 Å². The van der Waals surface area contributed by atoms with Gasteiger partial charge >= 0.3 is 0 Å². The van der Waals surface area contributed by atoms with E-state index in [0.717, 1.165) is 47.1 Å². The first-order chi connectivity index (χ1) is 13.4. The number of fused-ring (bicyclic) bond motifs is 1. The molecule has 0 amide bonds. The topological polar surface area (TPSA) is 62.1 Å². The fourth-order valence-corrected chi connectivity index (χ4v) is 3.69. The van der Waals surface area contributed by atoms with Gasteiger partial charge in [0.25, 0.3) is 5.56 Å². The Kier molecular flexibility index (Phi) is 5.32. The summed E-state index contributed by atoms with van der Waals surface area (Å²) in [7, 11) is 0. The third-order valence-electron chi connectivity index (χ3n) is 4.96. The highest BCUT2D eigenvalue weighted by Crippen LogP contribution is 2.30. The Morgan fingerprint density at radius 2 is 2.04 bits per heavy atom. The molecule has 0 saturated carbocycles. The van der Waals surface area contributed by atoms with E-state index >= 15 is 0 Å². The lowest BCUT2D eigenvalue weighted by molar-refractivity contribution is 0.223. The van der Waals surface area contributed by atoms with E-state index in [1.807, 2.05) is 32.0 Å². The van der Waals surface area contributed by atoms with E-state index in [9.17, 15) is 4.79 Å². The van der Waals surface area contributed by atoms with Crippen LogP contribution in [0.4, 0.5) is 0 Å². The van der Waals surface area contributed by atoms with Crippen LogP contribution in [-0.4, -0.2) is 21.4 Å². The van der Waals surface area contributed by atoms with Gasteiger partial charge in [0.2, 0.25) is 0 Å². The molecule has 4 rings (SSSR count). The van der Waals surface area contributed by atoms with Crippen molar-refractivity contribution < 1.29 is 4.42 Å². The fraction of sp³-hybridized carbons (Fsp3) is 0.333. The number of hydrogen-bond acceptors (Lipinski definition) is 4. The molecule has 0 bridgehead atoms. The molecule has 0 aliphatic carbocycles. The molecule has 1 aliphatic rings. The van der Waals surface area contributed by atoms with Crippen molar-refractivity contribution in [3.63, 3.8) is 0 Å². The van der Waals surface area contributed by atoms with Crippen molar-refractivity contribution in [1.29, 1.82) is 0 Å². The van der Waals surface area contributed by atoms with Crippen molar-refractivity contribution in [2.45, 2.75) is 39.3 Å². The maximum absolute atomic E-state index is 12.5. The molecule has 0 saturated heterocycles. The summed E-state index contributed by atoms with van der Waals surface area (Å²) in [6.07, 6.45) is 0.763. The fourth-order valence-electron chi connectivity index (χ4n) is 3.40. The first-order valence-corrected chi connectivity index (χ1v) is 10.0. The van der Waals surface area contributed by atoms with E-state index in [-0.39, 0.29) is 11.5 Å². The lowest BCUT2D eigenvalue weighted by Gasteiger charge is -2.27. The average molecular weight is 418 g/mol. The van der Waals surface area contributed by atoms with Crippen LogP contribution in [0.15, 0.2) is 39.5 Å². The molecule has 0 unspecified atom stereocenters. The molecular formula is C21H21Cl2N3O2. The predicted molar refractivity (Wildman–Crippen MR) is 111 cm³/mol. The van der Waals surface area contributed by atoms with Crippen LogP contribution in [0, 0.1) is 0 Å². The van der Waals surface area contributed by atoms with E-state index in [1.54, 1.807) is 12.1 Å². The van der Waals surface area contributed by atoms with Gasteiger partial charge in [0.1, 0.15) is 17.3 Å². The smallest absolute Gasteiger partial charge is 0.255 e. The Morgan fingerprint density at radius 3 is 2.79 bits per heavy atom. The lowest BCUT2D eigenvalue weighted by Crippen LogP contribution is -2.35. The number of nitrogens with zero attached hydrogens (tertiary/aromatic N) is 2. The zero-order chi connectivity index (χ0) is 19.8. The van der Waals surface area contributed by atoms with Crippen LogP contribution in [0.2, 0.25) is 10.0 Å². The van der Waals surface area contributed by atoms with Gasteiger partial charge in [-0.2, -0.15) is 0 Å². The second-order valence-electron chi connectivity index (χ2n) is 7.39. The zero-order valence-corrected chi connectivity index (χ0v) is 17.3. The highest BCUT2D eigenvalue weighted by atomic mass is 35.5. The van der Waals surface area contributed by atoms with Gasteiger partial charge in [0, 0.05) is 31.0 Å². The quantitative estimate of drug-likeness (QED) is 0.647. The highest BCUT2D eigenvalue weighted by molar-refractivity contribution is 6.42. The summed E-state index contributed by atoms with van der Waals surface area (Å²) in [5.74, 6) is 2.55. The molecule has 0 atom stereocenters. The van der Waals surface area contributed by atoms with Gasteiger partial charge in [-0.1, -0.05) is 37.0 Å². The second-order valence-corrected chi connectivity index (χ2v) is 8.20. The maximum Gasteiger partial charge on any atom is 0.255 e. The number of hydrogen-bond donors (Lipinski definition) is 1. The van der Waals surface area contributed by atoms with Crippen molar-refractivity contribution in [2.24, 2.45) is 0 Å². The molecule has 1 aromatic carbocycles. The number of nitrogens with one attached hydrogen (secondary N) is 1. The van der Waals surface area contributed by atoms with Crippen LogP contribution in [0.3, 0.4) is 0 Å². The molecule has 5 nitrogen and oxygen atoms in total. The molecule has 1 aliphatic heterocycles. The van der Waals surface area contributed by atoms with Crippen LogP contribution in [0.25, 0.3) is 11.3 Å². The molecule has 0 radical (unpaired) electrons. The Balaban J connectivity index is 1.50. The minimum absolute atomic E-state index is 0.0330. The lowest BCUT2D eigenvalue weighted by atomic mass is 10.1. The molecule has 0 spiro atoms. The van der Waals surface area contributed by atoms with Crippen molar-refractivity contribution in [3.8, 4) is 11.3 Å². The van der Waals surface area contributed by atoms with Gasteiger partial charge in [-0.3, -0.25) is 9.69 Å². The molecule has 0 fully saturated rings. The van der Waals surface area contributed by atoms with Gasteiger partial charge in [0.05, 0.1) is 27.8 Å². The minimum Gasteiger partial charge on any atom is -0.460 e. The summed E-state index contributed by atoms with van der Waals surface area (Å²) in [4.78, 5) is 22.2. The maximum atomic E-state index is 12.5. The number of aromatic amines is 1. The SMILES string of the molecule is CC(C)c1nc2c(c(=O)[nH]1)CN(Cc1ccc(-c3ccc(Cl)c(Cl)c3)o1)CC2. The molecule has 1 N–H and O–H groups in total. The van der Waals surface area contributed by atoms with Gasteiger partial charge in [0.15, 0.2) is 0 Å². The van der Waals surface area contributed by atoms with Gasteiger partial charge in [-0.15, -0.1) is 0 Å². The van der Waals surface area contributed by atoms with Gasteiger partial charge in [-0.05, 0) is 30.3 Å². The average Bonchev–Trinajstić information content (AvgIpc) is 3.12. The third kappa shape index (κ3) is 3.88. The number of benzene rings is 1.